The van der Waals surface area contributed by atoms with Crippen LogP contribution in [0.2, 0.25) is 0 Å². The monoisotopic (exact) mass is 363 g/mol. The Balaban J connectivity index is 1.56. The second-order valence-electron chi connectivity index (χ2n) is 8.45. The van der Waals surface area contributed by atoms with Crippen molar-refractivity contribution < 1.29 is 4.79 Å². The lowest BCUT2D eigenvalue weighted by molar-refractivity contribution is 0.0929. The number of hydrogen-bond donors (Lipinski definition) is 4. The van der Waals surface area contributed by atoms with Crippen LogP contribution in [0.1, 0.15) is 48.2 Å². The number of fused-ring (bicyclic) bond motifs is 5. The summed E-state index contributed by atoms with van der Waals surface area (Å²) in [4.78, 5) is 16.3. The average molecular weight is 363 g/mol. The van der Waals surface area contributed by atoms with Crippen LogP contribution < -0.4 is 10.6 Å². The van der Waals surface area contributed by atoms with E-state index in [0.717, 1.165) is 60.2 Å². The lowest BCUT2D eigenvalue weighted by atomic mass is 9.73. The van der Waals surface area contributed by atoms with Gasteiger partial charge in [-0.05, 0) is 61.5 Å². The fraction of sp³-hybridized carbons (Fsp3) is 0.429. The summed E-state index contributed by atoms with van der Waals surface area (Å²) < 4.78 is 0. The number of rotatable bonds is 2. The molecule has 1 aliphatic carbocycles. The van der Waals surface area contributed by atoms with Crippen molar-refractivity contribution in [1.29, 1.82) is 0 Å². The van der Waals surface area contributed by atoms with Crippen LogP contribution in [0.25, 0.3) is 22.3 Å². The zero-order valence-corrected chi connectivity index (χ0v) is 15.8. The minimum absolute atomic E-state index is 0.0193. The number of piperidine rings is 1. The molecule has 1 aliphatic heterocycles. The van der Waals surface area contributed by atoms with Gasteiger partial charge in [0, 0.05) is 34.3 Å². The van der Waals surface area contributed by atoms with Gasteiger partial charge in [-0.15, -0.1) is 0 Å². The van der Waals surface area contributed by atoms with E-state index in [4.69, 9.17) is 0 Å². The Bertz CT molecular complexity index is 1020. The topological polar surface area (TPSA) is 85.6 Å². The number of nitrogens with zero attached hydrogens (tertiary/aromatic N) is 1. The quantitative estimate of drug-likeness (QED) is 0.565. The number of aromatic amines is 2. The number of H-pyrrole nitrogens is 2. The van der Waals surface area contributed by atoms with E-state index >= 15 is 0 Å². The fourth-order valence-corrected chi connectivity index (χ4v) is 4.68. The summed E-state index contributed by atoms with van der Waals surface area (Å²) in [5, 5.41) is 15.1. The number of hydrogen-bond acceptors (Lipinski definition) is 3. The van der Waals surface area contributed by atoms with Crippen LogP contribution in [0.4, 0.5) is 0 Å². The van der Waals surface area contributed by atoms with Gasteiger partial charge in [-0.1, -0.05) is 13.8 Å². The van der Waals surface area contributed by atoms with Crippen LogP contribution in [0, 0.1) is 0 Å². The second kappa shape index (κ2) is 5.96. The minimum Gasteiger partial charge on any atom is -0.353 e. The van der Waals surface area contributed by atoms with Gasteiger partial charge in [0.25, 0.3) is 5.91 Å². The Kier molecular flexibility index (Phi) is 3.65. The molecule has 3 heterocycles. The van der Waals surface area contributed by atoms with Crippen molar-refractivity contribution >= 4 is 16.8 Å². The van der Waals surface area contributed by atoms with E-state index in [-0.39, 0.29) is 17.4 Å². The molecule has 6 nitrogen and oxygen atoms in total. The Morgan fingerprint density at radius 3 is 2.89 bits per heavy atom. The average Bonchev–Trinajstić information content (AvgIpc) is 3.25. The van der Waals surface area contributed by atoms with Crippen molar-refractivity contribution in [3.8, 4) is 11.4 Å². The number of nitrogens with one attached hydrogen (secondary N) is 4. The highest BCUT2D eigenvalue weighted by Gasteiger charge is 2.35. The predicted octanol–water partition coefficient (Wildman–Crippen LogP) is 2.87. The van der Waals surface area contributed by atoms with Crippen molar-refractivity contribution in [3.63, 3.8) is 0 Å². The lowest BCUT2D eigenvalue weighted by Gasteiger charge is -2.30. The summed E-state index contributed by atoms with van der Waals surface area (Å²) in [6, 6.07) is 6.24. The first-order valence-corrected chi connectivity index (χ1v) is 9.74. The molecule has 140 valence electrons. The van der Waals surface area contributed by atoms with Gasteiger partial charge in [0.15, 0.2) is 0 Å². The third-order valence-electron chi connectivity index (χ3n) is 6.00. The van der Waals surface area contributed by atoms with Crippen molar-refractivity contribution in [2.45, 2.75) is 44.6 Å². The molecule has 0 spiro atoms. The number of carbonyl (C=O) groups excluding carboxylic acids is 1. The maximum absolute atomic E-state index is 12.8. The zero-order valence-electron chi connectivity index (χ0n) is 15.8. The van der Waals surface area contributed by atoms with Crippen molar-refractivity contribution in [2.24, 2.45) is 0 Å². The molecule has 1 aromatic carbocycles. The number of carbonyl (C=O) groups is 1. The summed E-state index contributed by atoms with van der Waals surface area (Å²) in [5.41, 5.74) is 6.34. The van der Waals surface area contributed by atoms with Gasteiger partial charge < -0.3 is 15.6 Å². The fourth-order valence-electron chi connectivity index (χ4n) is 4.68. The molecule has 1 amide bonds. The van der Waals surface area contributed by atoms with E-state index in [1.54, 1.807) is 0 Å². The molecule has 5 rings (SSSR count). The molecule has 4 N–H and O–H groups in total. The predicted molar refractivity (Wildman–Crippen MR) is 106 cm³/mol. The van der Waals surface area contributed by atoms with Gasteiger partial charge in [-0.3, -0.25) is 9.89 Å². The number of amides is 1. The van der Waals surface area contributed by atoms with E-state index in [2.05, 4.69) is 39.7 Å². The molecule has 3 aromatic rings. The van der Waals surface area contributed by atoms with Gasteiger partial charge >= 0.3 is 0 Å². The first kappa shape index (κ1) is 16.6. The molecule has 0 radical (unpaired) electrons. The van der Waals surface area contributed by atoms with E-state index in [1.165, 1.54) is 11.1 Å². The van der Waals surface area contributed by atoms with E-state index in [1.807, 2.05) is 24.4 Å². The van der Waals surface area contributed by atoms with E-state index in [0.29, 0.717) is 0 Å². The van der Waals surface area contributed by atoms with Gasteiger partial charge in [0.1, 0.15) is 5.69 Å². The van der Waals surface area contributed by atoms with Gasteiger partial charge in [0.2, 0.25) is 0 Å². The van der Waals surface area contributed by atoms with Crippen LogP contribution in [0.3, 0.4) is 0 Å². The minimum atomic E-state index is -0.0193. The van der Waals surface area contributed by atoms with Crippen LogP contribution in [-0.2, 0) is 11.8 Å². The van der Waals surface area contributed by atoms with Crippen LogP contribution >= 0.6 is 0 Å². The number of aromatic nitrogens is 3. The largest absolute Gasteiger partial charge is 0.353 e. The maximum atomic E-state index is 12.8. The highest BCUT2D eigenvalue weighted by molar-refractivity contribution is 6.01. The van der Waals surface area contributed by atoms with Gasteiger partial charge in [-0.2, -0.15) is 5.10 Å². The smallest absolute Gasteiger partial charge is 0.251 e. The lowest BCUT2D eigenvalue weighted by Crippen LogP contribution is -2.42. The third kappa shape index (κ3) is 2.67. The molecule has 0 saturated carbocycles. The summed E-state index contributed by atoms with van der Waals surface area (Å²) >= 11 is 0. The SMILES string of the molecule is CC1(C)Cc2c[nH]nc2-c2[nH]c3ccc(C(=O)NC4CCNCC4)cc3c21. The van der Waals surface area contributed by atoms with Crippen molar-refractivity contribution in [2.75, 3.05) is 13.1 Å². The first-order valence-electron chi connectivity index (χ1n) is 9.74. The maximum Gasteiger partial charge on any atom is 0.251 e. The summed E-state index contributed by atoms with van der Waals surface area (Å²) in [6.45, 7) is 6.46. The van der Waals surface area contributed by atoms with Gasteiger partial charge in [-0.25, -0.2) is 0 Å². The molecule has 1 saturated heterocycles. The van der Waals surface area contributed by atoms with Crippen LogP contribution in [-0.4, -0.2) is 40.2 Å². The van der Waals surface area contributed by atoms with Crippen LogP contribution in [0.15, 0.2) is 24.4 Å². The Morgan fingerprint density at radius 1 is 1.26 bits per heavy atom. The third-order valence-corrected chi connectivity index (χ3v) is 6.00. The highest BCUT2D eigenvalue weighted by atomic mass is 16.1. The summed E-state index contributed by atoms with van der Waals surface area (Å²) in [6.07, 6.45) is 4.90. The van der Waals surface area contributed by atoms with Crippen molar-refractivity contribution in [3.05, 3.63) is 41.1 Å². The Hall–Kier alpha value is -2.60. The molecular formula is C21H25N5O. The standard InChI is InChI=1S/C21H25N5O/c1-21(2)10-13-11-23-26-18(13)19-17(21)15-9-12(3-4-16(15)25-19)20(27)24-14-5-7-22-8-6-14/h3-4,9,11,14,22,25H,5-8,10H2,1-2H3,(H,23,26)(H,24,27). The van der Waals surface area contributed by atoms with Gasteiger partial charge in [0.05, 0.1) is 5.69 Å². The van der Waals surface area contributed by atoms with E-state index in [9.17, 15) is 4.79 Å². The number of benzene rings is 1. The zero-order chi connectivity index (χ0) is 18.6. The molecule has 0 bridgehead atoms. The van der Waals surface area contributed by atoms with Crippen LogP contribution in [0.5, 0.6) is 0 Å². The Labute approximate surface area is 158 Å². The normalized spacial score (nSPS) is 18.9. The second-order valence-corrected chi connectivity index (χ2v) is 8.45. The Morgan fingerprint density at radius 2 is 2.07 bits per heavy atom. The molecule has 6 heteroatoms. The first-order chi connectivity index (χ1) is 13.0. The van der Waals surface area contributed by atoms with E-state index < -0.39 is 0 Å². The molecule has 0 atom stereocenters. The highest BCUT2D eigenvalue weighted by Crippen LogP contribution is 2.45. The van der Waals surface area contributed by atoms with Crippen molar-refractivity contribution in [1.82, 2.24) is 25.8 Å². The molecular weight excluding hydrogens is 338 g/mol. The summed E-state index contributed by atoms with van der Waals surface area (Å²) in [5.74, 6) is 0.0211. The summed E-state index contributed by atoms with van der Waals surface area (Å²) in [7, 11) is 0. The molecule has 0 unspecified atom stereocenters. The molecule has 2 aliphatic rings. The molecule has 1 fully saturated rings. The molecule has 27 heavy (non-hydrogen) atoms. The molecule has 2 aromatic heterocycles.